The maximum absolute atomic E-state index is 10.7. The Morgan fingerprint density at radius 3 is 2.82 bits per heavy atom. The second-order valence-electron chi connectivity index (χ2n) is 3.39. The molecular weight excluding hydrogens is 220 g/mol. The Bertz CT molecular complexity index is 625. The summed E-state index contributed by atoms with van der Waals surface area (Å²) >= 11 is 0. The van der Waals surface area contributed by atoms with Crippen molar-refractivity contribution in [2.45, 2.75) is 6.92 Å². The van der Waals surface area contributed by atoms with Gasteiger partial charge in [0.15, 0.2) is 11.5 Å². The average Bonchev–Trinajstić information content (AvgIpc) is 2.78. The number of nitriles is 1. The Morgan fingerprint density at radius 2 is 2.24 bits per heavy atom. The van der Waals surface area contributed by atoms with Gasteiger partial charge in [0, 0.05) is 11.9 Å². The zero-order valence-electron chi connectivity index (χ0n) is 8.95. The zero-order valence-corrected chi connectivity index (χ0v) is 8.95. The van der Waals surface area contributed by atoms with Crippen LogP contribution in [-0.4, -0.2) is 25.8 Å². The van der Waals surface area contributed by atoms with E-state index in [-0.39, 0.29) is 5.69 Å². The van der Waals surface area contributed by atoms with E-state index in [2.05, 4.69) is 10.1 Å². The van der Waals surface area contributed by atoms with Gasteiger partial charge in [-0.3, -0.25) is 0 Å². The number of carboxylic acid groups (broad SMARTS) is 1. The molecule has 0 aliphatic heterocycles. The Morgan fingerprint density at radius 1 is 1.47 bits per heavy atom. The fourth-order valence-corrected chi connectivity index (χ4v) is 1.36. The molecule has 0 bridgehead atoms. The molecule has 84 valence electrons. The predicted octanol–water partition coefficient (Wildman–Crippen LogP) is 1.15. The van der Waals surface area contributed by atoms with Gasteiger partial charge in [0.25, 0.3) is 0 Å². The molecular formula is C11H8N4O2. The number of nitrogens with zero attached hydrogens (tertiary/aromatic N) is 4. The van der Waals surface area contributed by atoms with Crippen molar-refractivity contribution in [2.75, 3.05) is 0 Å². The third-order valence-electron chi connectivity index (χ3n) is 2.16. The topological polar surface area (TPSA) is 91.8 Å². The van der Waals surface area contributed by atoms with E-state index in [1.165, 1.54) is 16.9 Å². The van der Waals surface area contributed by atoms with Crippen LogP contribution in [0.4, 0.5) is 0 Å². The number of carbonyl (C=O) groups is 1. The molecule has 0 saturated carbocycles. The van der Waals surface area contributed by atoms with Gasteiger partial charge in [-0.1, -0.05) is 0 Å². The minimum Gasteiger partial charge on any atom is -0.476 e. The Labute approximate surface area is 96.8 Å². The molecule has 2 aromatic heterocycles. The first-order valence-electron chi connectivity index (χ1n) is 4.79. The number of pyridine rings is 1. The summed E-state index contributed by atoms with van der Waals surface area (Å²) < 4.78 is 1.29. The van der Waals surface area contributed by atoms with E-state index in [4.69, 9.17) is 10.4 Å². The van der Waals surface area contributed by atoms with E-state index < -0.39 is 5.97 Å². The maximum atomic E-state index is 10.7. The summed E-state index contributed by atoms with van der Waals surface area (Å²) in [6.07, 6.45) is 1.46. The van der Waals surface area contributed by atoms with Crippen molar-refractivity contribution >= 4 is 5.97 Å². The van der Waals surface area contributed by atoms with Gasteiger partial charge in [0.2, 0.25) is 0 Å². The van der Waals surface area contributed by atoms with Gasteiger partial charge >= 0.3 is 5.97 Å². The number of hydrogen-bond donors (Lipinski definition) is 1. The van der Waals surface area contributed by atoms with Gasteiger partial charge in [0.05, 0.1) is 5.56 Å². The van der Waals surface area contributed by atoms with Gasteiger partial charge in [-0.2, -0.15) is 10.4 Å². The third kappa shape index (κ3) is 1.99. The van der Waals surface area contributed by atoms with Crippen LogP contribution in [-0.2, 0) is 0 Å². The monoisotopic (exact) mass is 228 g/mol. The van der Waals surface area contributed by atoms with Crippen LogP contribution >= 0.6 is 0 Å². The first kappa shape index (κ1) is 10.8. The number of aromatic carboxylic acids is 1. The van der Waals surface area contributed by atoms with Gasteiger partial charge in [-0.15, -0.1) is 0 Å². The van der Waals surface area contributed by atoms with Crippen LogP contribution in [0.15, 0.2) is 24.4 Å². The molecule has 0 atom stereocenters. The van der Waals surface area contributed by atoms with Crippen molar-refractivity contribution in [3.63, 3.8) is 0 Å². The van der Waals surface area contributed by atoms with Crippen LogP contribution in [0.3, 0.4) is 0 Å². The summed E-state index contributed by atoms with van der Waals surface area (Å²) in [6, 6.07) is 6.68. The molecule has 1 N–H and O–H groups in total. The van der Waals surface area contributed by atoms with Gasteiger partial charge in [-0.25, -0.2) is 14.5 Å². The molecule has 6 heteroatoms. The number of hydrogen-bond acceptors (Lipinski definition) is 4. The van der Waals surface area contributed by atoms with Gasteiger partial charge in [0.1, 0.15) is 6.07 Å². The zero-order chi connectivity index (χ0) is 12.4. The summed E-state index contributed by atoms with van der Waals surface area (Å²) in [5.74, 6) is -0.782. The number of rotatable bonds is 2. The standard InChI is InChI=1S/C11H8N4O2/c1-7-2-3-8(6-12)10(13-7)15-5-4-9(14-15)11(16)17/h2-5H,1H3,(H,16,17). The van der Waals surface area contributed by atoms with Crippen molar-refractivity contribution in [3.05, 3.63) is 41.3 Å². The van der Waals surface area contributed by atoms with Crippen molar-refractivity contribution < 1.29 is 9.90 Å². The largest absolute Gasteiger partial charge is 0.476 e. The molecule has 0 aliphatic carbocycles. The maximum Gasteiger partial charge on any atom is 0.356 e. The number of carboxylic acids is 1. The predicted molar refractivity (Wildman–Crippen MR) is 57.8 cm³/mol. The molecule has 0 radical (unpaired) electrons. The first-order chi connectivity index (χ1) is 8.11. The van der Waals surface area contributed by atoms with Gasteiger partial charge in [-0.05, 0) is 25.1 Å². The molecule has 0 aromatic carbocycles. The molecule has 0 aliphatic rings. The number of aryl methyl sites for hydroxylation is 1. The van der Waals surface area contributed by atoms with Crippen LogP contribution in [0.25, 0.3) is 5.82 Å². The summed E-state index contributed by atoms with van der Waals surface area (Å²) in [5, 5.41) is 21.5. The minimum atomic E-state index is -1.12. The lowest BCUT2D eigenvalue weighted by atomic mass is 10.2. The molecule has 2 aromatic rings. The van der Waals surface area contributed by atoms with E-state index in [1.54, 1.807) is 19.1 Å². The molecule has 0 amide bonds. The second kappa shape index (κ2) is 4.06. The molecule has 2 heterocycles. The van der Waals surface area contributed by atoms with Crippen molar-refractivity contribution in [1.82, 2.24) is 14.8 Å². The highest BCUT2D eigenvalue weighted by molar-refractivity contribution is 5.85. The van der Waals surface area contributed by atoms with Crippen LogP contribution in [0.1, 0.15) is 21.7 Å². The molecule has 17 heavy (non-hydrogen) atoms. The van der Waals surface area contributed by atoms with Crippen LogP contribution < -0.4 is 0 Å². The van der Waals surface area contributed by atoms with E-state index in [9.17, 15) is 4.79 Å². The highest BCUT2D eigenvalue weighted by atomic mass is 16.4. The highest BCUT2D eigenvalue weighted by Crippen LogP contribution is 2.11. The minimum absolute atomic E-state index is 0.0859. The summed E-state index contributed by atoms with van der Waals surface area (Å²) in [7, 11) is 0. The van der Waals surface area contributed by atoms with E-state index in [1.807, 2.05) is 6.07 Å². The molecule has 2 rings (SSSR count). The second-order valence-corrected chi connectivity index (χ2v) is 3.39. The summed E-state index contributed by atoms with van der Waals surface area (Å²) in [6.45, 7) is 1.78. The van der Waals surface area contributed by atoms with Crippen LogP contribution in [0.2, 0.25) is 0 Å². The Kier molecular flexibility index (Phi) is 2.58. The lowest BCUT2D eigenvalue weighted by Gasteiger charge is -2.03. The van der Waals surface area contributed by atoms with E-state index in [0.29, 0.717) is 11.4 Å². The fraction of sp³-hybridized carbons (Fsp3) is 0.0909. The normalized spacial score (nSPS) is 9.88. The number of aromatic nitrogens is 3. The van der Waals surface area contributed by atoms with Crippen molar-refractivity contribution in [2.24, 2.45) is 0 Å². The van der Waals surface area contributed by atoms with Crippen molar-refractivity contribution in [3.8, 4) is 11.9 Å². The SMILES string of the molecule is Cc1ccc(C#N)c(-n2ccc(C(=O)O)n2)n1. The smallest absolute Gasteiger partial charge is 0.356 e. The fourth-order valence-electron chi connectivity index (χ4n) is 1.36. The van der Waals surface area contributed by atoms with E-state index in [0.717, 1.165) is 5.69 Å². The lowest BCUT2D eigenvalue weighted by molar-refractivity contribution is 0.0690. The lowest BCUT2D eigenvalue weighted by Crippen LogP contribution is -2.05. The van der Waals surface area contributed by atoms with Crippen LogP contribution in [0.5, 0.6) is 0 Å². The third-order valence-corrected chi connectivity index (χ3v) is 2.16. The first-order valence-corrected chi connectivity index (χ1v) is 4.79. The summed E-state index contributed by atoms with van der Waals surface area (Å²) in [4.78, 5) is 14.9. The van der Waals surface area contributed by atoms with Gasteiger partial charge < -0.3 is 5.11 Å². The summed E-state index contributed by atoms with van der Waals surface area (Å²) in [5.41, 5.74) is 0.985. The molecule has 0 saturated heterocycles. The van der Waals surface area contributed by atoms with E-state index >= 15 is 0 Å². The quantitative estimate of drug-likeness (QED) is 0.832. The molecule has 0 unspecified atom stereocenters. The Balaban J connectivity index is 2.56. The van der Waals surface area contributed by atoms with Crippen LogP contribution in [0, 0.1) is 18.3 Å². The average molecular weight is 228 g/mol. The highest BCUT2D eigenvalue weighted by Gasteiger charge is 2.11. The molecule has 0 spiro atoms. The molecule has 0 fully saturated rings. The molecule has 6 nitrogen and oxygen atoms in total. The van der Waals surface area contributed by atoms with Crippen molar-refractivity contribution in [1.29, 1.82) is 5.26 Å². The Hall–Kier alpha value is -2.68.